The van der Waals surface area contributed by atoms with Crippen molar-refractivity contribution in [1.29, 1.82) is 0 Å². The van der Waals surface area contributed by atoms with Gasteiger partial charge in [-0.05, 0) is 35.2 Å². The average molecular weight is 373 g/mol. The lowest BCUT2D eigenvalue weighted by atomic mass is 10.2. The van der Waals surface area contributed by atoms with E-state index in [-0.39, 0.29) is 16.7 Å². The van der Waals surface area contributed by atoms with Gasteiger partial charge in [-0.2, -0.15) is 0 Å². The molecule has 0 unspecified atom stereocenters. The van der Waals surface area contributed by atoms with Crippen LogP contribution in [0.3, 0.4) is 0 Å². The van der Waals surface area contributed by atoms with Gasteiger partial charge in [-0.15, -0.1) is 11.3 Å². The predicted octanol–water partition coefficient (Wildman–Crippen LogP) is 2.48. The minimum atomic E-state index is -3.64. The summed E-state index contributed by atoms with van der Waals surface area (Å²) < 4.78 is 26.2. The van der Waals surface area contributed by atoms with E-state index in [1.165, 1.54) is 18.6 Å². The van der Waals surface area contributed by atoms with Crippen molar-refractivity contribution in [3.63, 3.8) is 0 Å². The molecule has 25 heavy (non-hydrogen) atoms. The Bertz CT molecular complexity index is 928. The van der Waals surface area contributed by atoms with Crippen LogP contribution in [0.1, 0.15) is 21.2 Å². The molecule has 0 spiro atoms. The zero-order valence-electron chi connectivity index (χ0n) is 13.1. The van der Waals surface area contributed by atoms with Crippen LogP contribution in [-0.4, -0.2) is 30.8 Å². The molecular weight excluding hydrogens is 358 g/mol. The van der Waals surface area contributed by atoms with Crippen LogP contribution in [-0.2, 0) is 9.84 Å². The van der Waals surface area contributed by atoms with Crippen LogP contribution in [0.25, 0.3) is 0 Å². The lowest BCUT2D eigenvalue weighted by molar-refractivity contribution is 0.0953. The average Bonchev–Trinajstić information content (AvgIpc) is 3.19. The molecule has 0 aliphatic carbocycles. The smallest absolute Gasteiger partial charge is 0.251 e. The van der Waals surface area contributed by atoms with Gasteiger partial charge in [0.15, 0.2) is 9.84 Å². The number of carbonyl (C=O) groups excluding carboxylic acids is 1. The van der Waals surface area contributed by atoms with E-state index in [2.05, 4.69) is 15.3 Å². The summed E-state index contributed by atoms with van der Waals surface area (Å²) in [6, 6.07) is 9.77. The third kappa shape index (κ3) is 3.92. The molecule has 3 heterocycles. The molecule has 3 aromatic heterocycles. The van der Waals surface area contributed by atoms with Crippen LogP contribution in [0.4, 0.5) is 0 Å². The first-order valence-electron chi connectivity index (χ1n) is 7.44. The Labute approximate surface area is 149 Å². The van der Waals surface area contributed by atoms with E-state index in [4.69, 9.17) is 0 Å². The van der Waals surface area contributed by atoms with E-state index in [1.807, 2.05) is 0 Å². The molecule has 0 aliphatic heterocycles. The second-order valence-corrected chi connectivity index (χ2v) is 8.50. The zero-order valence-corrected chi connectivity index (χ0v) is 14.7. The van der Waals surface area contributed by atoms with Crippen molar-refractivity contribution in [2.75, 3.05) is 6.54 Å². The van der Waals surface area contributed by atoms with E-state index in [9.17, 15) is 13.2 Å². The van der Waals surface area contributed by atoms with E-state index in [0.717, 1.165) is 11.3 Å². The highest BCUT2D eigenvalue weighted by Crippen LogP contribution is 2.30. The maximum absolute atomic E-state index is 13.0. The van der Waals surface area contributed by atoms with E-state index in [1.54, 1.807) is 48.0 Å². The molecular formula is C17H15N3O3S2. The Morgan fingerprint density at radius 3 is 2.52 bits per heavy atom. The number of aromatic nitrogens is 2. The van der Waals surface area contributed by atoms with E-state index in [0.29, 0.717) is 11.1 Å². The highest BCUT2D eigenvalue weighted by atomic mass is 32.2. The summed E-state index contributed by atoms with van der Waals surface area (Å²) in [6.45, 7) is -0.0485. The summed E-state index contributed by atoms with van der Waals surface area (Å²) in [4.78, 5) is 20.1. The number of nitrogens with one attached hydrogen (secondary N) is 1. The minimum absolute atomic E-state index is 0.0485. The molecule has 0 bridgehead atoms. The molecule has 0 saturated heterocycles. The van der Waals surface area contributed by atoms with Crippen LogP contribution >= 0.6 is 11.3 Å². The summed E-state index contributed by atoms with van der Waals surface area (Å²) >= 11 is 1.15. The van der Waals surface area contributed by atoms with E-state index < -0.39 is 15.1 Å². The number of nitrogens with zero attached hydrogens (tertiary/aromatic N) is 2. The number of pyridine rings is 2. The summed E-state index contributed by atoms with van der Waals surface area (Å²) in [6.07, 6.45) is 6.11. The van der Waals surface area contributed by atoms with Crippen molar-refractivity contribution < 1.29 is 13.2 Å². The number of rotatable bonds is 6. The quantitative estimate of drug-likeness (QED) is 0.717. The van der Waals surface area contributed by atoms with Gasteiger partial charge in [0.2, 0.25) is 0 Å². The topological polar surface area (TPSA) is 89.0 Å². The Balaban J connectivity index is 1.87. The van der Waals surface area contributed by atoms with Gasteiger partial charge in [0.25, 0.3) is 5.91 Å². The fourth-order valence-electron chi connectivity index (χ4n) is 2.33. The molecule has 1 amide bonds. The molecule has 0 radical (unpaired) electrons. The van der Waals surface area contributed by atoms with Crippen LogP contribution in [0.15, 0.2) is 70.8 Å². The number of thiophene rings is 1. The molecule has 0 saturated carbocycles. The fourth-order valence-corrected chi connectivity index (χ4v) is 5.18. The maximum atomic E-state index is 13.0. The number of hydrogen-bond donors (Lipinski definition) is 1. The molecule has 0 aliphatic rings. The predicted molar refractivity (Wildman–Crippen MR) is 95.1 cm³/mol. The van der Waals surface area contributed by atoms with Crippen LogP contribution in [0, 0.1) is 0 Å². The first-order valence-corrected chi connectivity index (χ1v) is 9.87. The van der Waals surface area contributed by atoms with Crippen LogP contribution in [0.2, 0.25) is 0 Å². The lowest BCUT2D eigenvalue weighted by Gasteiger charge is -2.17. The molecule has 1 atom stereocenters. The van der Waals surface area contributed by atoms with Crippen molar-refractivity contribution in [3.8, 4) is 0 Å². The van der Waals surface area contributed by atoms with Gasteiger partial charge in [-0.3, -0.25) is 14.8 Å². The summed E-state index contributed by atoms with van der Waals surface area (Å²) in [7, 11) is -3.64. The summed E-state index contributed by atoms with van der Waals surface area (Å²) in [5.41, 5.74) is 0.958. The van der Waals surface area contributed by atoms with Gasteiger partial charge in [0.05, 0.1) is 0 Å². The number of carbonyl (C=O) groups is 1. The van der Waals surface area contributed by atoms with Gasteiger partial charge in [-0.25, -0.2) is 8.42 Å². The zero-order chi connectivity index (χ0) is 17.7. The van der Waals surface area contributed by atoms with Gasteiger partial charge in [0, 0.05) is 36.9 Å². The van der Waals surface area contributed by atoms with Crippen molar-refractivity contribution >= 4 is 27.1 Å². The molecule has 3 aromatic rings. The van der Waals surface area contributed by atoms with Gasteiger partial charge in [0.1, 0.15) is 9.46 Å². The number of sulfone groups is 1. The lowest BCUT2D eigenvalue weighted by Crippen LogP contribution is -2.31. The summed E-state index contributed by atoms with van der Waals surface area (Å²) in [5.74, 6) is -0.349. The third-order valence-corrected chi connectivity index (χ3v) is 7.13. The standard InChI is InChI=1S/C17H15N3O3S2/c21-17(13-5-8-18-9-6-13)20-12-15(14-3-1-7-19-11-14)25(22,23)16-4-2-10-24-16/h1-11,15H,12H2,(H,20,21)/t15-/m0/s1. The van der Waals surface area contributed by atoms with Crippen LogP contribution in [0.5, 0.6) is 0 Å². The molecule has 0 fully saturated rings. The molecule has 8 heteroatoms. The Hall–Kier alpha value is -2.58. The SMILES string of the molecule is O=C(NC[C@@H](c1cccnc1)S(=O)(=O)c1cccs1)c1ccncc1. The van der Waals surface area contributed by atoms with Crippen LogP contribution < -0.4 is 5.32 Å². The highest BCUT2D eigenvalue weighted by Gasteiger charge is 2.30. The monoisotopic (exact) mass is 373 g/mol. The second kappa shape index (κ2) is 7.54. The minimum Gasteiger partial charge on any atom is -0.350 e. The largest absolute Gasteiger partial charge is 0.350 e. The summed E-state index contributed by atoms with van der Waals surface area (Å²) in [5, 5.41) is 3.50. The Morgan fingerprint density at radius 2 is 1.88 bits per heavy atom. The van der Waals surface area contributed by atoms with Crippen molar-refractivity contribution in [2.24, 2.45) is 0 Å². The number of hydrogen-bond acceptors (Lipinski definition) is 6. The molecule has 128 valence electrons. The first kappa shape index (κ1) is 17.2. The normalized spacial score (nSPS) is 12.5. The maximum Gasteiger partial charge on any atom is 0.251 e. The Morgan fingerprint density at radius 1 is 1.08 bits per heavy atom. The molecule has 1 N–H and O–H groups in total. The molecule has 3 rings (SSSR count). The first-order chi connectivity index (χ1) is 12.1. The fraction of sp³-hybridized carbons (Fsp3) is 0.118. The highest BCUT2D eigenvalue weighted by molar-refractivity contribution is 7.93. The number of amides is 1. The van der Waals surface area contributed by atoms with E-state index >= 15 is 0 Å². The molecule has 6 nitrogen and oxygen atoms in total. The van der Waals surface area contributed by atoms with Gasteiger partial charge < -0.3 is 5.32 Å². The van der Waals surface area contributed by atoms with Gasteiger partial charge in [-0.1, -0.05) is 12.1 Å². The second-order valence-electron chi connectivity index (χ2n) is 5.20. The van der Waals surface area contributed by atoms with Crippen molar-refractivity contribution in [2.45, 2.75) is 9.46 Å². The van der Waals surface area contributed by atoms with Gasteiger partial charge >= 0.3 is 0 Å². The third-order valence-electron chi connectivity index (χ3n) is 3.60. The van der Waals surface area contributed by atoms with Crippen molar-refractivity contribution in [1.82, 2.24) is 15.3 Å². The van der Waals surface area contributed by atoms with Crippen molar-refractivity contribution in [3.05, 3.63) is 77.7 Å². The Kier molecular flexibility index (Phi) is 5.20. The molecule has 0 aromatic carbocycles.